The summed E-state index contributed by atoms with van der Waals surface area (Å²) in [6.45, 7) is 0. The van der Waals surface area contributed by atoms with Crippen LogP contribution in [0.2, 0.25) is 0 Å². The zero-order valence-corrected chi connectivity index (χ0v) is 6.65. The molecule has 4 heteroatoms. The maximum atomic E-state index is 0. The van der Waals surface area contributed by atoms with Gasteiger partial charge in [0.15, 0.2) is 0 Å². The molecule has 0 amide bonds. The fraction of sp³-hybridized carbons (Fsp3) is 0. The molecule has 0 saturated heterocycles. The molecule has 4 heavy (non-hydrogen) atoms. The predicted octanol–water partition coefficient (Wildman–Crippen LogP) is -0.238. The van der Waals surface area contributed by atoms with Crippen LogP contribution >= 0.6 is 0 Å². The van der Waals surface area contributed by atoms with Crippen LogP contribution in [0.25, 0.3) is 0 Å². The minimum atomic E-state index is 0. The van der Waals surface area contributed by atoms with Crippen molar-refractivity contribution >= 4 is 0 Å². The van der Waals surface area contributed by atoms with Gasteiger partial charge in [-0.05, 0) is 0 Å². The van der Waals surface area contributed by atoms with Crippen molar-refractivity contribution < 1.29 is 101 Å². The van der Waals surface area contributed by atoms with Gasteiger partial charge < -0.3 is 11.0 Å². The Kier molecular flexibility index (Phi) is 123. The van der Waals surface area contributed by atoms with Crippen molar-refractivity contribution in [1.29, 1.82) is 0 Å². The summed E-state index contributed by atoms with van der Waals surface area (Å²) in [7, 11) is 0. The summed E-state index contributed by atoms with van der Waals surface area (Å²) in [6.07, 6.45) is 0. The predicted molar refractivity (Wildman–Crippen MR) is 1.37 cm³/mol. The average molecular weight is 334 g/mol. The van der Waals surface area contributed by atoms with Crippen LogP contribution in [0.5, 0.6) is 0 Å². The van der Waals surface area contributed by atoms with Crippen LogP contribution in [-0.4, -0.2) is 0 Å². The zero-order chi connectivity index (χ0) is 0. The summed E-state index contributed by atoms with van der Waals surface area (Å²) in [5.74, 6) is 0. The van der Waals surface area contributed by atoms with E-state index in [1.807, 2.05) is 0 Å². The summed E-state index contributed by atoms with van der Waals surface area (Å²) in [4.78, 5) is 0. The summed E-state index contributed by atoms with van der Waals surface area (Å²) in [6, 6.07) is 0. The van der Waals surface area contributed by atoms with Crippen LogP contribution in [0.4, 0.5) is 0 Å². The molecule has 0 unspecified atom stereocenters. The third-order valence-electron chi connectivity index (χ3n) is 0. The summed E-state index contributed by atoms with van der Waals surface area (Å²) < 4.78 is 0. The van der Waals surface area contributed by atoms with E-state index in [2.05, 4.69) is 0 Å². The first-order valence-corrected chi connectivity index (χ1v) is 0. The van der Waals surface area contributed by atoms with Crippen molar-refractivity contribution in [2.75, 3.05) is 0 Å². The van der Waals surface area contributed by atoms with E-state index in [9.17, 15) is 0 Å². The van der Waals surface area contributed by atoms with Crippen LogP contribution in [0, 0.1) is 89.8 Å². The van der Waals surface area contributed by atoms with Gasteiger partial charge in [-0.2, -0.15) is 0 Å². The minimum absolute atomic E-state index is 0. The molecule has 23 valence electrons. The summed E-state index contributed by atoms with van der Waals surface area (Å²) >= 11 is 0. The van der Waals surface area contributed by atoms with Crippen LogP contribution < -0.4 is 0 Å². The number of rotatable bonds is 0. The van der Waals surface area contributed by atoms with E-state index in [0.717, 1.165) is 0 Å². The van der Waals surface area contributed by atoms with E-state index in [0.29, 0.717) is 0 Å². The third kappa shape index (κ3) is 8.85. The van der Waals surface area contributed by atoms with Gasteiger partial charge in [0.1, 0.15) is 0 Å². The largest absolute Gasteiger partial charge is 3.00 e. The second-order valence-corrected chi connectivity index (χ2v) is 0. The van der Waals surface area contributed by atoms with Crippen LogP contribution in [0.1, 0.15) is 0 Å². The standard InChI is InChI=1S/Eu.2O.Sm/q+3;2*-2;+3. The molecule has 0 N–H and O–H groups in total. The quantitative estimate of drug-likeness (QED) is 0.587. The first-order chi connectivity index (χ1) is 0. The molecular weight excluding hydrogens is 334 g/mol. The second-order valence-electron chi connectivity index (χ2n) is 0. The fourth-order valence-corrected chi connectivity index (χ4v) is 0. The Morgan fingerprint density at radius 1 is 0.750 bits per heavy atom. The third-order valence-corrected chi connectivity index (χ3v) is 0. The van der Waals surface area contributed by atoms with Crippen molar-refractivity contribution in [2.45, 2.75) is 0 Å². The zero-order valence-electron chi connectivity index (χ0n) is 1.60. The number of hydrogen-bond acceptors (Lipinski definition) is 0. The Labute approximate surface area is 98.0 Å². The Hall–Kier alpha value is 2.84. The molecule has 0 fully saturated rings. The maximum Gasteiger partial charge on any atom is 3.00 e. The molecule has 0 bridgehead atoms. The normalized spacial score (nSPS) is 0. The second kappa shape index (κ2) is 17.0. The number of hydrogen-bond donors (Lipinski definition) is 0. The smallest absolute Gasteiger partial charge is 2.00 e. The molecule has 0 aromatic rings. The fourth-order valence-electron chi connectivity index (χ4n) is 0. The topological polar surface area (TPSA) is 57.0 Å². The molecule has 0 atom stereocenters. The molecule has 0 saturated carbocycles. The van der Waals surface area contributed by atoms with Gasteiger partial charge in [-0.25, -0.2) is 0 Å². The molecule has 0 spiro atoms. The molecule has 0 aromatic carbocycles. The van der Waals surface area contributed by atoms with Crippen LogP contribution in [0.3, 0.4) is 0 Å². The van der Waals surface area contributed by atoms with E-state index in [4.69, 9.17) is 0 Å². The van der Waals surface area contributed by atoms with Gasteiger partial charge in [0.25, 0.3) is 0 Å². The van der Waals surface area contributed by atoms with E-state index in [1.54, 1.807) is 0 Å². The molecule has 0 aliphatic heterocycles. The van der Waals surface area contributed by atoms with Gasteiger partial charge in [-0.1, -0.05) is 0 Å². The molecule has 2 nitrogen and oxygen atoms in total. The first kappa shape index (κ1) is 28.9. The van der Waals surface area contributed by atoms with Crippen molar-refractivity contribution in [2.24, 2.45) is 0 Å². The average Bonchev–Trinajstić information content (AvgIpc) is 0. The molecular formula is EuO2Sm+2. The van der Waals surface area contributed by atoms with Crippen molar-refractivity contribution in [1.82, 2.24) is 0 Å². The van der Waals surface area contributed by atoms with E-state index in [1.165, 1.54) is 0 Å². The van der Waals surface area contributed by atoms with Gasteiger partial charge in [-0.15, -0.1) is 0 Å². The monoisotopic (exact) mass is 337 g/mol. The van der Waals surface area contributed by atoms with Crippen molar-refractivity contribution in [3.8, 4) is 0 Å². The molecule has 0 rings (SSSR count). The Balaban J connectivity index is 0. The van der Waals surface area contributed by atoms with Crippen LogP contribution in [-0.2, 0) is 11.0 Å². The van der Waals surface area contributed by atoms with E-state index in [-0.39, 0.29) is 101 Å². The summed E-state index contributed by atoms with van der Waals surface area (Å²) in [5.41, 5.74) is 0. The van der Waals surface area contributed by atoms with Gasteiger partial charge >= 0.3 is 89.8 Å². The van der Waals surface area contributed by atoms with Gasteiger partial charge in [-0.3, -0.25) is 0 Å². The molecule has 0 aromatic heterocycles. The van der Waals surface area contributed by atoms with E-state index >= 15 is 0 Å². The van der Waals surface area contributed by atoms with E-state index < -0.39 is 0 Å². The van der Waals surface area contributed by atoms with Crippen LogP contribution in [0.15, 0.2) is 0 Å². The van der Waals surface area contributed by atoms with Crippen molar-refractivity contribution in [3.63, 3.8) is 0 Å². The Bertz CT molecular complexity index is 6.00. The maximum absolute atomic E-state index is 0. The summed E-state index contributed by atoms with van der Waals surface area (Å²) in [5, 5.41) is 0. The van der Waals surface area contributed by atoms with Gasteiger partial charge in [0.2, 0.25) is 0 Å². The van der Waals surface area contributed by atoms with Crippen molar-refractivity contribution in [3.05, 3.63) is 0 Å². The minimum Gasteiger partial charge on any atom is -2.00 e. The molecule has 0 heterocycles. The molecule has 0 aliphatic rings. The molecule has 0 aliphatic carbocycles. The molecule has 1 radical (unpaired) electrons. The SMILES string of the molecule is [Eu+3].[O-2].[O-2].[Sm+3]. The van der Waals surface area contributed by atoms with Gasteiger partial charge in [0, 0.05) is 0 Å². The van der Waals surface area contributed by atoms with Gasteiger partial charge in [0.05, 0.1) is 0 Å². The Morgan fingerprint density at radius 3 is 0.750 bits per heavy atom. The first-order valence-electron chi connectivity index (χ1n) is 0. The Morgan fingerprint density at radius 2 is 0.750 bits per heavy atom.